The van der Waals surface area contributed by atoms with Gasteiger partial charge in [-0.15, -0.1) is 0 Å². The number of aromatic nitrogens is 1. The number of ether oxygens (including phenoxy) is 1. The van der Waals surface area contributed by atoms with E-state index in [1.54, 1.807) is 56.3 Å². The smallest absolute Gasteiger partial charge is 0.550 e. The molecule has 252 valence electrons. The largest absolute Gasteiger partial charge is 1.00 e. The Kier molecular flexibility index (Phi) is 14.5. The van der Waals surface area contributed by atoms with Crippen LogP contribution in [0.3, 0.4) is 0 Å². The third-order valence-corrected chi connectivity index (χ3v) is 7.55. The number of aliphatic hydroxyl groups excluding tert-OH is 2. The molecule has 0 radical (unpaired) electrons. The molecule has 2 atom stereocenters. The Morgan fingerprint density at radius 1 is 0.898 bits per heavy atom. The second-order valence-corrected chi connectivity index (χ2v) is 12.0. The van der Waals surface area contributed by atoms with Gasteiger partial charge in [0, 0.05) is 48.2 Å². The number of halogens is 1. The number of amides is 1. The third-order valence-electron chi connectivity index (χ3n) is 7.55. The maximum absolute atomic E-state index is 14.2. The van der Waals surface area contributed by atoms with Crippen LogP contribution in [0.4, 0.5) is 4.39 Å². The van der Waals surface area contributed by atoms with Crippen molar-refractivity contribution in [2.24, 2.45) is 0 Å². The van der Waals surface area contributed by atoms with Gasteiger partial charge in [0.15, 0.2) is 0 Å². The summed E-state index contributed by atoms with van der Waals surface area (Å²) in [7, 11) is 0. The van der Waals surface area contributed by atoms with E-state index in [9.17, 15) is 34.1 Å². The predicted molar refractivity (Wildman–Crippen MR) is 179 cm³/mol. The van der Waals surface area contributed by atoms with Gasteiger partial charge in [0.25, 0.3) is 5.91 Å². The molecule has 0 bridgehead atoms. The van der Waals surface area contributed by atoms with Crippen molar-refractivity contribution in [3.8, 4) is 22.3 Å². The van der Waals surface area contributed by atoms with Gasteiger partial charge in [-0.05, 0) is 74.7 Å². The van der Waals surface area contributed by atoms with Crippen molar-refractivity contribution in [3.63, 3.8) is 0 Å². The maximum atomic E-state index is 14.2. The van der Waals surface area contributed by atoms with Gasteiger partial charge in [0.1, 0.15) is 11.5 Å². The van der Waals surface area contributed by atoms with Gasteiger partial charge in [-0.3, -0.25) is 4.79 Å². The Morgan fingerprint density at radius 3 is 2.08 bits per heavy atom. The van der Waals surface area contributed by atoms with Gasteiger partial charge < -0.3 is 34.7 Å². The summed E-state index contributed by atoms with van der Waals surface area (Å²) in [6.07, 6.45) is -0.591. The first-order chi connectivity index (χ1) is 22.8. The number of aliphatic hydroxyl groups is 2. The Hall–Kier alpha value is -4.06. The number of hydrogen-bond acceptors (Lipinski definition) is 7. The summed E-state index contributed by atoms with van der Waals surface area (Å²) in [5, 5.41) is 34.7. The standard InChI is InChI=1S/C38H41FN2O7.Na/c1-23(2)41-32(19-18-30(42)20-31(43)21-33(44)45)34(27-14-16-29(39)17-15-27)35(26-8-6-5-7-9-26)36(41)37(46)40-22-25-10-12-28(13-11-25)38(47)48-24(3)4;/h5-19,23-24,30-31,42-43H,20-22H2,1-4H3,(H,40,46)(H,44,45);/q;+1/p-1/t30-,31-;/m1./s1. The molecule has 4 aromatic rings. The molecule has 3 N–H and O–H groups in total. The number of nitrogens with zero attached hydrogens (tertiary/aromatic N) is 1. The minimum Gasteiger partial charge on any atom is -0.550 e. The van der Waals surface area contributed by atoms with Crippen molar-refractivity contribution in [1.82, 2.24) is 9.88 Å². The number of carboxylic acids is 1. The minimum atomic E-state index is -1.43. The fraction of sp³-hybridized carbons (Fsp3) is 0.289. The second kappa shape index (κ2) is 18.1. The SMILES string of the molecule is CC(C)OC(=O)c1ccc(CNC(=O)c2c(-c3ccccc3)c(-c3ccc(F)cc3)c(C=C[C@@H](O)C[C@@H](O)CC(=O)[O-])n2C(C)C)cc1.[Na+]. The normalized spacial score (nSPS) is 12.5. The number of rotatable bonds is 14. The van der Waals surface area contributed by atoms with Crippen molar-refractivity contribution in [1.29, 1.82) is 0 Å². The molecule has 1 amide bonds. The molecule has 9 nitrogen and oxygen atoms in total. The molecule has 0 spiro atoms. The number of hydrogen-bond donors (Lipinski definition) is 3. The van der Waals surface area contributed by atoms with Crippen LogP contribution in [-0.2, 0) is 16.1 Å². The fourth-order valence-corrected chi connectivity index (χ4v) is 5.47. The van der Waals surface area contributed by atoms with Gasteiger partial charge in [-0.25, -0.2) is 9.18 Å². The molecule has 49 heavy (non-hydrogen) atoms. The Bertz CT molecular complexity index is 1750. The summed E-state index contributed by atoms with van der Waals surface area (Å²) < 4.78 is 21.2. The number of aliphatic carboxylic acids is 1. The molecule has 0 aliphatic carbocycles. The zero-order valence-corrected chi connectivity index (χ0v) is 30.4. The van der Waals surface area contributed by atoms with Crippen molar-refractivity contribution >= 4 is 23.9 Å². The number of nitrogens with one attached hydrogen (secondary N) is 1. The average molecular weight is 679 g/mol. The van der Waals surface area contributed by atoms with Crippen LogP contribution < -0.4 is 40.0 Å². The van der Waals surface area contributed by atoms with Gasteiger partial charge >= 0.3 is 35.5 Å². The maximum Gasteiger partial charge on any atom is 1.00 e. The van der Waals surface area contributed by atoms with E-state index in [2.05, 4.69) is 5.32 Å². The quantitative estimate of drug-likeness (QED) is 0.137. The first-order valence-electron chi connectivity index (χ1n) is 15.8. The van der Waals surface area contributed by atoms with Crippen molar-refractivity contribution in [2.75, 3.05) is 0 Å². The number of carbonyl (C=O) groups is 3. The van der Waals surface area contributed by atoms with Crippen LogP contribution in [0, 0.1) is 5.82 Å². The zero-order chi connectivity index (χ0) is 35.0. The Labute approximate surface area is 307 Å². The molecule has 0 saturated heterocycles. The van der Waals surface area contributed by atoms with Crippen LogP contribution in [-0.4, -0.2) is 50.9 Å². The van der Waals surface area contributed by atoms with E-state index >= 15 is 0 Å². The zero-order valence-electron chi connectivity index (χ0n) is 28.4. The summed E-state index contributed by atoms with van der Waals surface area (Å²) in [5.74, 6) is -2.69. The third kappa shape index (κ3) is 10.5. The molecular formula is C38H40FN2NaO7. The summed E-state index contributed by atoms with van der Waals surface area (Å²) in [5.41, 5.74) is 4.59. The molecule has 0 aliphatic heterocycles. The molecule has 0 fully saturated rings. The van der Waals surface area contributed by atoms with Crippen molar-refractivity contribution < 1.29 is 68.4 Å². The molecule has 4 rings (SSSR count). The first kappa shape index (κ1) is 39.4. The summed E-state index contributed by atoms with van der Waals surface area (Å²) in [4.78, 5) is 37.4. The fourth-order valence-electron chi connectivity index (χ4n) is 5.47. The van der Waals surface area contributed by atoms with E-state index in [1.165, 1.54) is 18.2 Å². The van der Waals surface area contributed by atoms with E-state index < -0.39 is 42.3 Å². The van der Waals surface area contributed by atoms with Crippen LogP contribution in [0.25, 0.3) is 28.3 Å². The number of carboxylic acid groups (broad SMARTS) is 1. The minimum absolute atomic E-state index is 0. The van der Waals surface area contributed by atoms with Crippen LogP contribution >= 0.6 is 0 Å². The Morgan fingerprint density at radius 2 is 1.51 bits per heavy atom. The van der Waals surface area contributed by atoms with Crippen molar-refractivity contribution in [2.45, 2.75) is 71.4 Å². The first-order valence-corrected chi connectivity index (χ1v) is 15.8. The van der Waals surface area contributed by atoms with Crippen LogP contribution in [0.5, 0.6) is 0 Å². The number of benzene rings is 3. The molecule has 0 saturated carbocycles. The van der Waals surface area contributed by atoms with Crippen molar-refractivity contribution in [3.05, 3.63) is 113 Å². The monoisotopic (exact) mass is 678 g/mol. The van der Waals surface area contributed by atoms with Crippen LogP contribution in [0.15, 0.2) is 84.9 Å². The van der Waals surface area contributed by atoms with E-state index in [4.69, 9.17) is 4.74 Å². The van der Waals surface area contributed by atoms with E-state index in [0.29, 0.717) is 33.6 Å². The van der Waals surface area contributed by atoms with Gasteiger partial charge in [-0.2, -0.15) is 0 Å². The van der Waals surface area contributed by atoms with Gasteiger partial charge in [-0.1, -0.05) is 60.7 Å². The molecule has 0 aliphatic rings. The second-order valence-electron chi connectivity index (χ2n) is 12.0. The molecule has 1 aromatic heterocycles. The molecule has 11 heteroatoms. The summed E-state index contributed by atoms with van der Waals surface area (Å²) in [6.45, 7) is 7.52. The van der Waals surface area contributed by atoms with Crippen LogP contribution in [0.2, 0.25) is 0 Å². The van der Waals surface area contributed by atoms with E-state index in [-0.39, 0.29) is 54.7 Å². The van der Waals surface area contributed by atoms with Crippen LogP contribution in [0.1, 0.15) is 78.7 Å². The van der Waals surface area contributed by atoms with E-state index in [1.807, 2.05) is 48.7 Å². The molecular weight excluding hydrogens is 638 g/mol. The summed E-state index contributed by atoms with van der Waals surface area (Å²) in [6, 6.07) is 21.7. The molecule has 3 aromatic carbocycles. The average Bonchev–Trinajstić information content (AvgIpc) is 3.38. The number of esters is 1. The number of carbonyl (C=O) groups excluding carboxylic acids is 3. The van der Waals surface area contributed by atoms with Gasteiger partial charge in [0.05, 0.1) is 23.9 Å². The summed E-state index contributed by atoms with van der Waals surface area (Å²) >= 11 is 0. The predicted octanol–water partition coefficient (Wildman–Crippen LogP) is 2.31. The Balaban J connectivity index is 0.00000650. The molecule has 1 heterocycles. The topological polar surface area (TPSA) is 141 Å². The van der Waals surface area contributed by atoms with Gasteiger partial charge in [0.2, 0.25) is 0 Å². The van der Waals surface area contributed by atoms with E-state index in [0.717, 1.165) is 11.1 Å². The molecule has 0 unspecified atom stereocenters.